The first-order valence-electron chi connectivity index (χ1n) is 7.27. The number of aromatic nitrogens is 2. The van der Waals surface area contributed by atoms with Gasteiger partial charge in [0.05, 0.1) is 17.9 Å². The molecule has 0 amide bonds. The third-order valence-corrected chi connectivity index (χ3v) is 3.41. The number of aryl methyl sites for hydroxylation is 1. The number of rotatable bonds is 5. The van der Waals surface area contributed by atoms with E-state index in [0.29, 0.717) is 12.5 Å². The van der Waals surface area contributed by atoms with E-state index in [4.69, 9.17) is 5.73 Å². The van der Waals surface area contributed by atoms with Crippen molar-refractivity contribution in [1.29, 1.82) is 0 Å². The number of halogens is 1. The average Bonchev–Trinajstić information content (AvgIpc) is 2.79. The van der Waals surface area contributed by atoms with Gasteiger partial charge in [-0.05, 0) is 32.4 Å². The molecular formula is C16H24IN5. The minimum absolute atomic E-state index is 0. The predicted octanol–water partition coefficient (Wildman–Crippen LogP) is 2.92. The summed E-state index contributed by atoms with van der Waals surface area (Å²) in [6.45, 7) is 7.56. The van der Waals surface area contributed by atoms with Crippen molar-refractivity contribution in [3.8, 4) is 5.69 Å². The van der Waals surface area contributed by atoms with Gasteiger partial charge in [-0.3, -0.25) is 0 Å². The van der Waals surface area contributed by atoms with Gasteiger partial charge in [-0.1, -0.05) is 25.1 Å². The van der Waals surface area contributed by atoms with Crippen LogP contribution in [0.2, 0.25) is 0 Å². The molecule has 2 aromatic rings. The predicted molar refractivity (Wildman–Crippen MR) is 102 cm³/mol. The van der Waals surface area contributed by atoms with Crippen molar-refractivity contribution in [2.75, 3.05) is 6.54 Å². The highest BCUT2D eigenvalue weighted by atomic mass is 127. The number of nitrogens with two attached hydrogens (primary N) is 1. The van der Waals surface area contributed by atoms with Crippen LogP contribution in [-0.2, 0) is 6.54 Å². The van der Waals surface area contributed by atoms with Crippen molar-refractivity contribution in [2.24, 2.45) is 10.7 Å². The Balaban J connectivity index is 0.00000242. The monoisotopic (exact) mass is 413 g/mol. The lowest BCUT2D eigenvalue weighted by Gasteiger charge is -2.05. The van der Waals surface area contributed by atoms with Crippen molar-refractivity contribution in [2.45, 2.75) is 33.7 Å². The van der Waals surface area contributed by atoms with E-state index in [1.165, 1.54) is 0 Å². The Morgan fingerprint density at radius 2 is 1.95 bits per heavy atom. The highest BCUT2D eigenvalue weighted by molar-refractivity contribution is 14.0. The Bertz CT molecular complexity index is 619. The van der Waals surface area contributed by atoms with Crippen molar-refractivity contribution < 1.29 is 0 Å². The first kappa shape index (κ1) is 18.5. The summed E-state index contributed by atoms with van der Waals surface area (Å²) in [5.74, 6) is 0.489. The Labute approximate surface area is 149 Å². The SMILES string of the molecule is CCCNC(N)=NCc1c(C)nn(-c2ccccc2)c1C.I. The van der Waals surface area contributed by atoms with E-state index in [1.807, 2.05) is 41.9 Å². The van der Waals surface area contributed by atoms with Crippen LogP contribution in [0.3, 0.4) is 0 Å². The van der Waals surface area contributed by atoms with E-state index in [-0.39, 0.29) is 24.0 Å². The topological polar surface area (TPSA) is 68.2 Å². The van der Waals surface area contributed by atoms with Crippen molar-refractivity contribution >= 4 is 29.9 Å². The second-order valence-corrected chi connectivity index (χ2v) is 5.02. The maximum absolute atomic E-state index is 5.84. The fourth-order valence-electron chi connectivity index (χ4n) is 2.20. The van der Waals surface area contributed by atoms with Gasteiger partial charge in [0.2, 0.25) is 0 Å². The molecule has 0 bridgehead atoms. The molecule has 0 atom stereocenters. The number of aliphatic imine (C=N–C) groups is 1. The summed E-state index contributed by atoms with van der Waals surface area (Å²) in [5.41, 5.74) is 10.1. The maximum atomic E-state index is 5.84. The molecule has 0 aliphatic rings. The van der Waals surface area contributed by atoms with Gasteiger partial charge in [-0.25, -0.2) is 9.67 Å². The number of nitrogens with zero attached hydrogens (tertiary/aromatic N) is 3. The molecule has 0 saturated carbocycles. The minimum Gasteiger partial charge on any atom is -0.370 e. The molecule has 1 heterocycles. The van der Waals surface area contributed by atoms with Crippen LogP contribution in [0.4, 0.5) is 0 Å². The number of guanidine groups is 1. The second-order valence-electron chi connectivity index (χ2n) is 5.02. The Kier molecular flexibility index (Phi) is 7.37. The van der Waals surface area contributed by atoms with E-state index < -0.39 is 0 Å². The molecule has 0 aliphatic carbocycles. The Morgan fingerprint density at radius 1 is 1.27 bits per heavy atom. The van der Waals surface area contributed by atoms with Crippen molar-refractivity contribution in [3.63, 3.8) is 0 Å². The molecule has 0 fully saturated rings. The van der Waals surface area contributed by atoms with Crippen LogP contribution in [0.25, 0.3) is 5.69 Å². The average molecular weight is 413 g/mol. The lowest BCUT2D eigenvalue weighted by atomic mass is 10.2. The summed E-state index contributed by atoms with van der Waals surface area (Å²) in [4.78, 5) is 4.39. The molecule has 22 heavy (non-hydrogen) atoms. The molecule has 0 radical (unpaired) electrons. The molecule has 3 N–H and O–H groups in total. The molecule has 6 heteroatoms. The van der Waals surface area contributed by atoms with Crippen LogP contribution >= 0.6 is 24.0 Å². The molecule has 2 rings (SSSR count). The standard InChI is InChI=1S/C16H23N5.HI/c1-4-10-18-16(17)19-11-15-12(2)20-21(13(15)3)14-8-6-5-7-9-14;/h5-9H,4,10-11H2,1-3H3,(H3,17,18,19);1H. The largest absolute Gasteiger partial charge is 0.370 e. The van der Waals surface area contributed by atoms with Crippen LogP contribution < -0.4 is 11.1 Å². The van der Waals surface area contributed by atoms with Gasteiger partial charge in [-0.2, -0.15) is 5.10 Å². The highest BCUT2D eigenvalue weighted by Gasteiger charge is 2.12. The molecule has 0 spiro atoms. The molecule has 0 aliphatic heterocycles. The van der Waals surface area contributed by atoms with Crippen LogP contribution in [0, 0.1) is 13.8 Å². The summed E-state index contributed by atoms with van der Waals surface area (Å²) >= 11 is 0. The van der Waals surface area contributed by atoms with Crippen molar-refractivity contribution in [1.82, 2.24) is 15.1 Å². The summed E-state index contributed by atoms with van der Waals surface area (Å²) < 4.78 is 1.95. The van der Waals surface area contributed by atoms with Gasteiger partial charge in [0, 0.05) is 17.8 Å². The van der Waals surface area contributed by atoms with Crippen molar-refractivity contribution in [3.05, 3.63) is 47.3 Å². The van der Waals surface area contributed by atoms with Gasteiger partial charge >= 0.3 is 0 Å². The first-order valence-corrected chi connectivity index (χ1v) is 7.27. The minimum atomic E-state index is 0. The highest BCUT2D eigenvalue weighted by Crippen LogP contribution is 2.18. The Morgan fingerprint density at radius 3 is 2.59 bits per heavy atom. The fraction of sp³-hybridized carbons (Fsp3) is 0.375. The molecular weight excluding hydrogens is 389 g/mol. The zero-order chi connectivity index (χ0) is 15.2. The van der Waals surface area contributed by atoms with E-state index >= 15 is 0 Å². The van der Waals surface area contributed by atoms with Gasteiger partial charge < -0.3 is 11.1 Å². The third kappa shape index (κ3) is 4.46. The quantitative estimate of drug-likeness (QED) is 0.450. The van der Waals surface area contributed by atoms with Gasteiger partial charge in [-0.15, -0.1) is 24.0 Å². The maximum Gasteiger partial charge on any atom is 0.188 e. The zero-order valence-electron chi connectivity index (χ0n) is 13.3. The number of hydrogen-bond acceptors (Lipinski definition) is 2. The fourth-order valence-corrected chi connectivity index (χ4v) is 2.20. The summed E-state index contributed by atoms with van der Waals surface area (Å²) in [7, 11) is 0. The third-order valence-electron chi connectivity index (χ3n) is 3.41. The lowest BCUT2D eigenvalue weighted by molar-refractivity contribution is 0.823. The van der Waals surface area contributed by atoms with E-state index in [1.54, 1.807) is 0 Å². The summed E-state index contributed by atoms with van der Waals surface area (Å²) in [6.07, 6.45) is 1.03. The molecule has 0 unspecified atom stereocenters. The second kappa shape index (κ2) is 8.77. The summed E-state index contributed by atoms with van der Waals surface area (Å²) in [5, 5.41) is 7.69. The molecule has 1 aromatic carbocycles. The Hall–Kier alpha value is -1.57. The molecule has 5 nitrogen and oxygen atoms in total. The van der Waals surface area contributed by atoms with Crippen LogP contribution in [0.1, 0.15) is 30.3 Å². The van der Waals surface area contributed by atoms with Gasteiger partial charge in [0.25, 0.3) is 0 Å². The zero-order valence-corrected chi connectivity index (χ0v) is 15.7. The molecule has 1 aromatic heterocycles. The number of nitrogens with one attached hydrogen (secondary N) is 1. The van der Waals surface area contributed by atoms with E-state index in [9.17, 15) is 0 Å². The van der Waals surface area contributed by atoms with E-state index in [0.717, 1.165) is 35.6 Å². The van der Waals surface area contributed by atoms with Crippen LogP contribution in [0.5, 0.6) is 0 Å². The summed E-state index contributed by atoms with van der Waals surface area (Å²) in [6, 6.07) is 10.1. The molecule has 0 saturated heterocycles. The van der Waals surface area contributed by atoms with E-state index in [2.05, 4.69) is 29.3 Å². The number of para-hydroxylation sites is 1. The normalized spacial score (nSPS) is 11.1. The smallest absolute Gasteiger partial charge is 0.188 e. The van der Waals surface area contributed by atoms with Crippen LogP contribution in [-0.4, -0.2) is 22.3 Å². The number of hydrogen-bond donors (Lipinski definition) is 2. The first-order chi connectivity index (χ1) is 10.1. The van der Waals surface area contributed by atoms with Crippen LogP contribution in [0.15, 0.2) is 35.3 Å². The van der Waals surface area contributed by atoms with Gasteiger partial charge in [0.15, 0.2) is 5.96 Å². The molecule has 120 valence electrons. The number of benzene rings is 1. The lowest BCUT2D eigenvalue weighted by Crippen LogP contribution is -2.32. The van der Waals surface area contributed by atoms with Gasteiger partial charge in [0.1, 0.15) is 0 Å².